The van der Waals surface area contributed by atoms with Crippen molar-refractivity contribution in [2.24, 2.45) is 0 Å². The predicted octanol–water partition coefficient (Wildman–Crippen LogP) is 3.79. The number of aryl methyl sites for hydroxylation is 1. The molecule has 4 aromatic rings. The molecule has 0 saturated carbocycles. The Morgan fingerprint density at radius 2 is 2.10 bits per heavy atom. The van der Waals surface area contributed by atoms with E-state index in [0.29, 0.717) is 35.0 Å². The second-order valence-corrected chi connectivity index (χ2v) is 7.10. The molecule has 1 aromatic carbocycles. The number of carbonyl (C=O) groups is 1. The van der Waals surface area contributed by atoms with Gasteiger partial charge in [-0.15, -0.1) is 0 Å². The Morgan fingerprint density at radius 3 is 2.83 bits per heavy atom. The minimum atomic E-state index is -0.326. The molecule has 4 rings (SSSR count). The zero-order valence-electron chi connectivity index (χ0n) is 15.3. The number of carbonyl (C=O) groups excluding carboxylic acids is 1. The summed E-state index contributed by atoms with van der Waals surface area (Å²) < 4.78 is 7.58. The van der Waals surface area contributed by atoms with Crippen molar-refractivity contribution in [1.29, 1.82) is 0 Å². The zero-order valence-corrected chi connectivity index (χ0v) is 16.9. The Kier molecular flexibility index (Phi) is 5.13. The summed E-state index contributed by atoms with van der Waals surface area (Å²) >= 11 is 3.36. The van der Waals surface area contributed by atoms with Crippen molar-refractivity contribution in [3.63, 3.8) is 0 Å². The molecular formula is C20H16BrN5O3. The number of halogens is 1. The molecule has 0 aliphatic heterocycles. The van der Waals surface area contributed by atoms with Crippen LogP contribution in [0.2, 0.25) is 0 Å². The molecule has 0 spiro atoms. The molecule has 1 amide bonds. The molecule has 3 aromatic heterocycles. The first-order valence-corrected chi connectivity index (χ1v) is 9.64. The fourth-order valence-corrected chi connectivity index (χ4v) is 3.17. The summed E-state index contributed by atoms with van der Waals surface area (Å²) in [5, 5.41) is 7.30. The molecule has 0 saturated heterocycles. The average molecular weight is 454 g/mol. The number of hydrogen-bond acceptors (Lipinski definition) is 5. The third-order valence-corrected chi connectivity index (χ3v) is 4.65. The van der Waals surface area contributed by atoms with Crippen LogP contribution in [0, 0.1) is 0 Å². The van der Waals surface area contributed by atoms with Gasteiger partial charge < -0.3 is 9.73 Å². The van der Waals surface area contributed by atoms with Crippen molar-refractivity contribution in [2.75, 3.05) is 5.32 Å². The highest BCUT2D eigenvalue weighted by molar-refractivity contribution is 9.10. The highest BCUT2D eigenvalue weighted by atomic mass is 79.9. The van der Waals surface area contributed by atoms with Crippen molar-refractivity contribution in [3.05, 3.63) is 80.9 Å². The van der Waals surface area contributed by atoms with Gasteiger partial charge in [0.25, 0.3) is 11.5 Å². The van der Waals surface area contributed by atoms with Gasteiger partial charge in [-0.2, -0.15) is 9.78 Å². The molecule has 3 heterocycles. The van der Waals surface area contributed by atoms with Crippen LogP contribution in [0.5, 0.6) is 0 Å². The number of benzene rings is 1. The van der Waals surface area contributed by atoms with Gasteiger partial charge in [-0.25, -0.2) is 4.98 Å². The van der Waals surface area contributed by atoms with Crippen molar-refractivity contribution in [1.82, 2.24) is 19.7 Å². The van der Waals surface area contributed by atoms with E-state index >= 15 is 0 Å². The number of nitrogens with one attached hydrogen (secondary N) is 2. The van der Waals surface area contributed by atoms with Gasteiger partial charge in [0.15, 0.2) is 5.76 Å². The summed E-state index contributed by atoms with van der Waals surface area (Å²) in [6, 6.07) is 13.6. The third-order valence-electron chi connectivity index (χ3n) is 4.16. The summed E-state index contributed by atoms with van der Waals surface area (Å²) in [4.78, 5) is 31.9. The normalized spacial score (nSPS) is 10.8. The minimum Gasteiger partial charge on any atom is -0.463 e. The van der Waals surface area contributed by atoms with Gasteiger partial charge in [0, 0.05) is 27.9 Å². The minimum absolute atomic E-state index is 0.205. The lowest BCUT2D eigenvalue weighted by Crippen LogP contribution is -2.19. The summed E-state index contributed by atoms with van der Waals surface area (Å²) in [5.74, 6) is 0.748. The van der Waals surface area contributed by atoms with Crippen LogP contribution < -0.4 is 10.9 Å². The van der Waals surface area contributed by atoms with Crippen LogP contribution in [0.1, 0.15) is 23.0 Å². The number of aromatic amines is 1. The van der Waals surface area contributed by atoms with Crippen LogP contribution in [0.4, 0.5) is 5.82 Å². The Labute approximate surface area is 173 Å². The molecular weight excluding hydrogens is 438 g/mol. The van der Waals surface area contributed by atoms with E-state index in [-0.39, 0.29) is 17.4 Å². The van der Waals surface area contributed by atoms with Gasteiger partial charge >= 0.3 is 0 Å². The second-order valence-electron chi connectivity index (χ2n) is 6.18. The van der Waals surface area contributed by atoms with Crippen LogP contribution >= 0.6 is 15.9 Å². The fraction of sp³-hybridized carbons (Fsp3) is 0.100. The zero-order chi connectivity index (χ0) is 20.4. The van der Waals surface area contributed by atoms with E-state index in [0.717, 1.165) is 4.47 Å². The van der Waals surface area contributed by atoms with Gasteiger partial charge in [-0.1, -0.05) is 28.9 Å². The summed E-state index contributed by atoms with van der Waals surface area (Å²) in [6.45, 7) is 1.90. The fourth-order valence-electron chi connectivity index (χ4n) is 2.77. The monoisotopic (exact) mass is 453 g/mol. The maximum absolute atomic E-state index is 12.7. The highest BCUT2D eigenvalue weighted by Crippen LogP contribution is 2.24. The molecule has 0 unspecified atom stereocenters. The molecule has 29 heavy (non-hydrogen) atoms. The number of H-pyrrole nitrogens is 1. The standard InChI is InChI=1S/C20H16BrN5O3/c1-2-14-10-18(27)24-20(22-14)26-17(11-15(25-26)16-7-4-8-29-16)23-19(28)12-5-3-6-13(21)9-12/h3-11H,2H2,1H3,(H,23,28)(H,22,24,27). The van der Waals surface area contributed by atoms with Crippen LogP contribution in [0.25, 0.3) is 17.4 Å². The first-order valence-electron chi connectivity index (χ1n) is 8.85. The molecule has 2 N–H and O–H groups in total. The highest BCUT2D eigenvalue weighted by Gasteiger charge is 2.18. The summed E-state index contributed by atoms with van der Waals surface area (Å²) in [7, 11) is 0. The topological polar surface area (TPSA) is 106 Å². The maximum Gasteiger partial charge on any atom is 0.256 e. The van der Waals surface area contributed by atoms with E-state index in [1.54, 1.807) is 36.4 Å². The van der Waals surface area contributed by atoms with Gasteiger partial charge in [0.1, 0.15) is 11.5 Å². The van der Waals surface area contributed by atoms with E-state index in [4.69, 9.17) is 4.42 Å². The molecule has 9 heteroatoms. The Hall–Kier alpha value is -3.46. The molecule has 0 atom stereocenters. The number of anilines is 1. The Bertz CT molecular complexity index is 1230. The lowest BCUT2D eigenvalue weighted by atomic mass is 10.2. The predicted molar refractivity (Wildman–Crippen MR) is 111 cm³/mol. The number of furan rings is 1. The van der Waals surface area contributed by atoms with E-state index in [1.165, 1.54) is 17.0 Å². The van der Waals surface area contributed by atoms with Crippen molar-refractivity contribution < 1.29 is 9.21 Å². The number of aromatic nitrogens is 4. The van der Waals surface area contributed by atoms with Crippen LogP contribution in [-0.2, 0) is 6.42 Å². The van der Waals surface area contributed by atoms with E-state index in [1.807, 2.05) is 13.0 Å². The van der Waals surface area contributed by atoms with Crippen LogP contribution in [0.15, 0.2) is 68.5 Å². The number of rotatable bonds is 5. The maximum atomic E-state index is 12.7. The summed E-state index contributed by atoms with van der Waals surface area (Å²) in [6.07, 6.45) is 2.12. The van der Waals surface area contributed by atoms with E-state index < -0.39 is 0 Å². The first-order chi connectivity index (χ1) is 14.0. The Balaban J connectivity index is 1.79. The lowest BCUT2D eigenvalue weighted by molar-refractivity contribution is 0.102. The van der Waals surface area contributed by atoms with Crippen molar-refractivity contribution in [2.45, 2.75) is 13.3 Å². The third kappa shape index (κ3) is 4.04. The van der Waals surface area contributed by atoms with E-state index in [9.17, 15) is 9.59 Å². The first kappa shape index (κ1) is 18.9. The SMILES string of the molecule is CCc1cc(=O)[nH]c(-n2nc(-c3ccco3)cc2NC(=O)c2cccc(Br)c2)n1. The van der Waals surface area contributed by atoms with E-state index in [2.05, 4.69) is 36.3 Å². The van der Waals surface area contributed by atoms with Crippen LogP contribution in [-0.4, -0.2) is 25.7 Å². The van der Waals surface area contributed by atoms with Gasteiger partial charge in [-0.05, 0) is 36.8 Å². The average Bonchev–Trinajstić information content (AvgIpc) is 3.37. The van der Waals surface area contributed by atoms with Crippen LogP contribution in [0.3, 0.4) is 0 Å². The second kappa shape index (κ2) is 7.88. The van der Waals surface area contributed by atoms with Gasteiger partial charge in [0.2, 0.25) is 5.95 Å². The Morgan fingerprint density at radius 1 is 1.24 bits per heavy atom. The van der Waals surface area contributed by atoms with Crippen molar-refractivity contribution in [3.8, 4) is 17.4 Å². The largest absolute Gasteiger partial charge is 0.463 e. The molecule has 8 nitrogen and oxygen atoms in total. The number of nitrogens with zero attached hydrogens (tertiary/aromatic N) is 3. The summed E-state index contributed by atoms with van der Waals surface area (Å²) in [5.41, 5.74) is 1.27. The number of hydrogen-bond donors (Lipinski definition) is 2. The molecule has 0 fully saturated rings. The van der Waals surface area contributed by atoms with Gasteiger partial charge in [-0.3, -0.25) is 14.6 Å². The smallest absolute Gasteiger partial charge is 0.256 e. The molecule has 0 radical (unpaired) electrons. The lowest BCUT2D eigenvalue weighted by Gasteiger charge is -2.09. The van der Waals surface area contributed by atoms with Gasteiger partial charge in [0.05, 0.1) is 6.26 Å². The molecule has 0 aliphatic carbocycles. The molecule has 0 aliphatic rings. The van der Waals surface area contributed by atoms with Crippen molar-refractivity contribution >= 4 is 27.7 Å². The molecule has 146 valence electrons. The molecule has 0 bridgehead atoms. The number of amides is 1. The quantitative estimate of drug-likeness (QED) is 0.477.